The van der Waals surface area contributed by atoms with Crippen LogP contribution in [-0.4, -0.2) is 34.4 Å². The van der Waals surface area contributed by atoms with Gasteiger partial charge in [-0.3, -0.25) is 4.79 Å². The van der Waals surface area contributed by atoms with Gasteiger partial charge < -0.3 is 21.1 Å². The minimum absolute atomic E-state index is 0.0421. The van der Waals surface area contributed by atoms with E-state index in [1.54, 1.807) is 17.7 Å². The molecule has 1 aliphatic carbocycles. The number of phenols is 1. The minimum Gasteiger partial charge on any atom is -0.508 e. The molecule has 5 nitrogen and oxygen atoms in total. The highest BCUT2D eigenvalue weighted by Crippen LogP contribution is 2.30. The van der Waals surface area contributed by atoms with Crippen molar-refractivity contribution in [2.45, 2.75) is 77.0 Å². The summed E-state index contributed by atoms with van der Waals surface area (Å²) < 4.78 is 0. The maximum absolute atomic E-state index is 10.9. The summed E-state index contributed by atoms with van der Waals surface area (Å²) in [5.74, 6) is 0.285. The fraction of sp³-hybridized carbons (Fsp3) is 0.607. The van der Waals surface area contributed by atoms with Gasteiger partial charge in [0, 0.05) is 12.5 Å². The lowest BCUT2D eigenvalue weighted by Gasteiger charge is -2.16. The molecule has 5 heteroatoms. The van der Waals surface area contributed by atoms with Crippen molar-refractivity contribution in [2.75, 3.05) is 13.2 Å². The molecule has 0 heterocycles. The third-order valence-electron chi connectivity index (χ3n) is 6.72. The molecule has 1 aromatic carbocycles. The Morgan fingerprint density at radius 2 is 1.91 bits per heavy atom. The first-order chi connectivity index (χ1) is 16.0. The highest BCUT2D eigenvalue weighted by atomic mass is 16.4. The molecule has 3 atom stereocenters. The SMILES string of the molecule is NCCC1=CC(CCCCCCC(CC=CC(CO)CC(=O)O)Cc2ccc(O)cc2)CC1. The van der Waals surface area contributed by atoms with Gasteiger partial charge in [0.1, 0.15) is 5.75 Å². The van der Waals surface area contributed by atoms with Gasteiger partial charge in [0.2, 0.25) is 0 Å². The number of unbranched alkanes of at least 4 members (excludes halogenated alkanes) is 3. The van der Waals surface area contributed by atoms with Crippen molar-refractivity contribution in [3.05, 3.63) is 53.6 Å². The lowest BCUT2D eigenvalue weighted by atomic mass is 9.90. The summed E-state index contributed by atoms with van der Waals surface area (Å²) in [6.45, 7) is 0.620. The van der Waals surface area contributed by atoms with Crippen molar-refractivity contribution in [2.24, 2.45) is 23.5 Å². The molecule has 0 radical (unpaired) electrons. The number of aliphatic carboxylic acids is 1. The average Bonchev–Trinajstić information content (AvgIpc) is 3.24. The van der Waals surface area contributed by atoms with Crippen LogP contribution in [0.15, 0.2) is 48.1 Å². The van der Waals surface area contributed by atoms with Crippen LogP contribution in [0.2, 0.25) is 0 Å². The zero-order valence-corrected chi connectivity index (χ0v) is 20.0. The van der Waals surface area contributed by atoms with Crippen molar-refractivity contribution < 1.29 is 20.1 Å². The smallest absolute Gasteiger partial charge is 0.304 e. The molecule has 3 unspecified atom stereocenters. The normalized spacial score (nSPS) is 17.9. The Morgan fingerprint density at radius 3 is 2.61 bits per heavy atom. The van der Waals surface area contributed by atoms with E-state index in [2.05, 4.69) is 6.08 Å². The zero-order valence-electron chi connectivity index (χ0n) is 20.0. The van der Waals surface area contributed by atoms with Crippen LogP contribution in [0.4, 0.5) is 0 Å². The molecule has 1 aromatic rings. The van der Waals surface area contributed by atoms with Crippen molar-refractivity contribution in [1.82, 2.24) is 0 Å². The molecule has 33 heavy (non-hydrogen) atoms. The van der Waals surface area contributed by atoms with E-state index in [9.17, 15) is 15.0 Å². The van der Waals surface area contributed by atoms with E-state index in [1.165, 1.54) is 50.5 Å². The van der Waals surface area contributed by atoms with Crippen molar-refractivity contribution in [3.63, 3.8) is 0 Å². The molecule has 0 aromatic heterocycles. The first kappa shape index (κ1) is 27.1. The third kappa shape index (κ3) is 11.5. The maximum Gasteiger partial charge on any atom is 0.304 e. The Kier molecular flexibility index (Phi) is 12.9. The summed E-state index contributed by atoms with van der Waals surface area (Å²) >= 11 is 0. The summed E-state index contributed by atoms with van der Waals surface area (Å²) in [4.78, 5) is 10.9. The number of hydrogen-bond donors (Lipinski definition) is 4. The number of allylic oxidation sites excluding steroid dienone is 2. The summed E-state index contributed by atoms with van der Waals surface area (Å²) in [6, 6.07) is 7.41. The Morgan fingerprint density at radius 1 is 1.15 bits per heavy atom. The van der Waals surface area contributed by atoms with Crippen LogP contribution in [0.25, 0.3) is 0 Å². The molecule has 0 amide bonds. The van der Waals surface area contributed by atoms with Crippen molar-refractivity contribution >= 4 is 5.97 Å². The third-order valence-corrected chi connectivity index (χ3v) is 6.72. The molecule has 0 spiro atoms. The lowest BCUT2D eigenvalue weighted by molar-refractivity contribution is -0.138. The number of aromatic hydroxyl groups is 1. The monoisotopic (exact) mass is 457 g/mol. The first-order valence-electron chi connectivity index (χ1n) is 12.7. The van der Waals surface area contributed by atoms with Gasteiger partial charge >= 0.3 is 5.97 Å². The summed E-state index contributed by atoms with van der Waals surface area (Å²) in [7, 11) is 0. The second-order valence-electron chi connectivity index (χ2n) is 9.59. The van der Waals surface area contributed by atoms with E-state index in [-0.39, 0.29) is 24.7 Å². The molecule has 0 bridgehead atoms. The molecule has 1 aliphatic rings. The quantitative estimate of drug-likeness (QED) is 0.180. The topological polar surface area (TPSA) is 104 Å². The van der Waals surface area contributed by atoms with E-state index in [0.717, 1.165) is 38.1 Å². The van der Waals surface area contributed by atoms with E-state index in [4.69, 9.17) is 10.8 Å². The summed E-state index contributed by atoms with van der Waals surface area (Å²) in [6.07, 6.45) is 19.1. The highest BCUT2D eigenvalue weighted by molar-refractivity contribution is 5.67. The van der Waals surface area contributed by atoms with Crippen LogP contribution in [0, 0.1) is 17.8 Å². The number of aliphatic hydroxyl groups excluding tert-OH is 1. The number of carboxylic acid groups (broad SMARTS) is 1. The summed E-state index contributed by atoms with van der Waals surface area (Å²) in [5.41, 5.74) is 8.43. The molecule has 0 saturated heterocycles. The number of hydrogen-bond acceptors (Lipinski definition) is 4. The number of nitrogens with two attached hydrogens (primary N) is 1. The number of benzene rings is 1. The standard InChI is InChI=1S/C28H43NO4/c29-17-16-25-11-10-23(19-25)7-4-2-1-3-6-22(18-24-12-14-27(31)15-13-24)8-5-9-26(21-30)20-28(32)33/h5,9,12-15,19,22-23,26,30-31H,1-4,6-8,10-11,16-18,20-21,29H2,(H,32,33). The Bertz CT molecular complexity index is 741. The maximum atomic E-state index is 10.9. The molecular weight excluding hydrogens is 414 g/mol. The summed E-state index contributed by atoms with van der Waals surface area (Å²) in [5, 5.41) is 27.9. The van der Waals surface area contributed by atoms with E-state index >= 15 is 0 Å². The fourth-order valence-electron chi connectivity index (χ4n) is 4.84. The molecule has 184 valence electrons. The first-order valence-corrected chi connectivity index (χ1v) is 12.7. The second-order valence-corrected chi connectivity index (χ2v) is 9.59. The number of carbonyl (C=O) groups is 1. The number of rotatable bonds is 17. The van der Waals surface area contributed by atoms with E-state index in [1.807, 2.05) is 24.3 Å². The van der Waals surface area contributed by atoms with Crippen LogP contribution >= 0.6 is 0 Å². The van der Waals surface area contributed by atoms with Gasteiger partial charge in [-0.25, -0.2) is 0 Å². The van der Waals surface area contributed by atoms with E-state index < -0.39 is 5.97 Å². The van der Waals surface area contributed by atoms with Gasteiger partial charge in [0.15, 0.2) is 0 Å². The molecule has 0 saturated carbocycles. The van der Waals surface area contributed by atoms with Crippen LogP contribution < -0.4 is 5.73 Å². The van der Waals surface area contributed by atoms with Crippen molar-refractivity contribution in [1.29, 1.82) is 0 Å². The van der Waals surface area contributed by atoms with Crippen LogP contribution in [-0.2, 0) is 11.2 Å². The fourth-order valence-corrected chi connectivity index (χ4v) is 4.84. The average molecular weight is 458 g/mol. The molecule has 5 N–H and O–H groups in total. The molecule has 2 rings (SSSR count). The predicted octanol–water partition coefficient (Wildman–Crippen LogP) is 5.61. The van der Waals surface area contributed by atoms with Crippen LogP contribution in [0.1, 0.15) is 76.2 Å². The molecule has 0 fully saturated rings. The van der Waals surface area contributed by atoms with Gasteiger partial charge in [-0.2, -0.15) is 0 Å². The Hall–Kier alpha value is -2.11. The number of aliphatic hydroxyl groups is 1. The number of carboxylic acids is 1. The second kappa shape index (κ2) is 15.7. The van der Waals surface area contributed by atoms with Crippen LogP contribution in [0.5, 0.6) is 5.75 Å². The van der Waals surface area contributed by atoms with Crippen molar-refractivity contribution in [3.8, 4) is 5.75 Å². The zero-order chi connectivity index (χ0) is 23.9. The van der Waals surface area contributed by atoms with Crippen LogP contribution in [0.3, 0.4) is 0 Å². The molecule has 0 aliphatic heterocycles. The van der Waals surface area contributed by atoms with E-state index in [0.29, 0.717) is 5.92 Å². The largest absolute Gasteiger partial charge is 0.508 e. The Balaban J connectivity index is 1.76. The number of phenolic OH excluding ortho intramolecular Hbond substituents is 1. The Labute approximate surface area is 199 Å². The van der Waals surface area contributed by atoms with Gasteiger partial charge in [0.25, 0.3) is 0 Å². The predicted molar refractivity (Wildman–Crippen MR) is 134 cm³/mol. The van der Waals surface area contributed by atoms with Gasteiger partial charge in [-0.05, 0) is 81.0 Å². The lowest BCUT2D eigenvalue weighted by Crippen LogP contribution is -2.10. The van der Waals surface area contributed by atoms with Gasteiger partial charge in [-0.15, -0.1) is 0 Å². The van der Waals surface area contributed by atoms with Gasteiger partial charge in [-0.1, -0.05) is 61.6 Å². The minimum atomic E-state index is -0.886. The van der Waals surface area contributed by atoms with Gasteiger partial charge in [0.05, 0.1) is 6.42 Å². The highest BCUT2D eigenvalue weighted by Gasteiger charge is 2.15. The molecular formula is C28H43NO4.